The number of para-hydroxylation sites is 1. The molecular formula is C27H28N2O. The lowest BCUT2D eigenvalue weighted by Gasteiger charge is -2.31. The fraction of sp³-hybridized carbons (Fsp3) is 0.333. The summed E-state index contributed by atoms with van der Waals surface area (Å²) in [5, 5.41) is 1.05. The summed E-state index contributed by atoms with van der Waals surface area (Å²) >= 11 is 0. The number of carbonyl (C=O) groups excluding carboxylic acids is 1. The van der Waals surface area contributed by atoms with Crippen LogP contribution in [0.5, 0.6) is 0 Å². The highest BCUT2D eigenvalue weighted by Crippen LogP contribution is 2.29. The summed E-state index contributed by atoms with van der Waals surface area (Å²) in [5.74, 6) is 0.879. The highest BCUT2D eigenvalue weighted by atomic mass is 16.1. The molecule has 1 saturated heterocycles. The van der Waals surface area contributed by atoms with Crippen molar-refractivity contribution in [3.8, 4) is 0 Å². The standard InChI is InChI=1S/C27H28N2O/c30-27-22(12-13-26-24(27)18-23-8-4-5-9-25(23)28-26)11-10-20-14-16-29(17-15-20)19-21-6-2-1-3-7-21/h1-9,11,18,20H,10,12-17,19H2. The molecule has 0 radical (unpaired) electrons. The summed E-state index contributed by atoms with van der Waals surface area (Å²) in [6, 6.07) is 20.8. The molecular weight excluding hydrogens is 368 g/mol. The van der Waals surface area contributed by atoms with Gasteiger partial charge >= 0.3 is 0 Å². The fourth-order valence-corrected chi connectivity index (χ4v) is 4.81. The van der Waals surface area contributed by atoms with E-state index < -0.39 is 0 Å². The quantitative estimate of drug-likeness (QED) is 0.539. The number of likely N-dealkylation sites (tertiary alicyclic amines) is 1. The van der Waals surface area contributed by atoms with E-state index in [1.54, 1.807) is 0 Å². The maximum atomic E-state index is 13.1. The molecule has 152 valence electrons. The van der Waals surface area contributed by atoms with E-state index in [1.165, 1.54) is 18.4 Å². The third-order valence-corrected chi connectivity index (χ3v) is 6.62. The molecule has 0 amide bonds. The zero-order valence-corrected chi connectivity index (χ0v) is 17.4. The Bertz CT molecular complexity index is 1080. The zero-order valence-electron chi connectivity index (χ0n) is 17.4. The lowest BCUT2D eigenvalue weighted by atomic mass is 9.86. The van der Waals surface area contributed by atoms with Crippen LogP contribution >= 0.6 is 0 Å². The molecule has 3 heteroatoms. The van der Waals surface area contributed by atoms with Crippen molar-refractivity contribution in [2.75, 3.05) is 13.1 Å². The highest BCUT2D eigenvalue weighted by molar-refractivity contribution is 6.11. The first-order valence-corrected chi connectivity index (χ1v) is 11.1. The van der Waals surface area contributed by atoms with Crippen molar-refractivity contribution in [3.05, 3.63) is 89.1 Å². The van der Waals surface area contributed by atoms with Gasteiger partial charge in [-0.05, 0) is 74.4 Å². The van der Waals surface area contributed by atoms with E-state index in [1.807, 2.05) is 30.3 Å². The fourth-order valence-electron chi connectivity index (χ4n) is 4.81. The first-order chi connectivity index (χ1) is 14.8. The third-order valence-electron chi connectivity index (χ3n) is 6.62. The molecule has 3 aromatic rings. The number of fused-ring (bicyclic) bond motifs is 2. The largest absolute Gasteiger partial charge is 0.299 e. The number of benzene rings is 2. The van der Waals surface area contributed by atoms with Gasteiger partial charge in [0.2, 0.25) is 0 Å². The van der Waals surface area contributed by atoms with Gasteiger partial charge in [-0.2, -0.15) is 0 Å². The maximum absolute atomic E-state index is 13.1. The SMILES string of the molecule is O=C1C(=CCC2CCN(Cc3ccccc3)CC2)CCc2nc3ccccc3cc21. The number of ketones is 1. The van der Waals surface area contributed by atoms with Gasteiger partial charge in [0, 0.05) is 17.5 Å². The van der Waals surface area contributed by atoms with Crippen LogP contribution in [0.1, 0.15) is 47.3 Å². The van der Waals surface area contributed by atoms with Crippen LogP contribution in [0.25, 0.3) is 10.9 Å². The van der Waals surface area contributed by atoms with Crippen molar-refractivity contribution in [2.24, 2.45) is 5.92 Å². The third kappa shape index (κ3) is 4.08. The van der Waals surface area contributed by atoms with Gasteiger partial charge in [-0.15, -0.1) is 0 Å². The molecule has 2 heterocycles. The van der Waals surface area contributed by atoms with Crippen molar-refractivity contribution >= 4 is 16.7 Å². The predicted molar refractivity (Wildman–Crippen MR) is 122 cm³/mol. The Balaban J connectivity index is 1.21. The molecule has 2 aliphatic rings. The van der Waals surface area contributed by atoms with Gasteiger partial charge in [0.15, 0.2) is 5.78 Å². The summed E-state index contributed by atoms with van der Waals surface area (Å²) in [4.78, 5) is 20.4. The molecule has 1 aromatic heterocycles. The normalized spacial score (nSPS) is 19.3. The van der Waals surface area contributed by atoms with Crippen LogP contribution in [-0.4, -0.2) is 28.8 Å². The highest BCUT2D eigenvalue weighted by Gasteiger charge is 2.24. The molecule has 2 aromatic carbocycles. The molecule has 5 rings (SSSR count). The average Bonchev–Trinajstić information content (AvgIpc) is 2.79. The van der Waals surface area contributed by atoms with Crippen LogP contribution in [-0.2, 0) is 13.0 Å². The topological polar surface area (TPSA) is 33.2 Å². The molecule has 0 spiro atoms. The Labute approximate surface area is 178 Å². The molecule has 0 unspecified atom stereocenters. The number of nitrogens with zero attached hydrogens (tertiary/aromatic N) is 2. The number of piperidine rings is 1. The van der Waals surface area contributed by atoms with Crippen LogP contribution in [0.4, 0.5) is 0 Å². The van der Waals surface area contributed by atoms with Gasteiger partial charge in [0.25, 0.3) is 0 Å². The van der Waals surface area contributed by atoms with E-state index in [4.69, 9.17) is 4.98 Å². The van der Waals surface area contributed by atoms with E-state index in [2.05, 4.69) is 41.3 Å². The Kier molecular flexibility index (Phi) is 5.46. The minimum Gasteiger partial charge on any atom is -0.299 e. The molecule has 3 nitrogen and oxygen atoms in total. The van der Waals surface area contributed by atoms with Crippen LogP contribution < -0.4 is 0 Å². The van der Waals surface area contributed by atoms with Gasteiger partial charge in [0.05, 0.1) is 11.2 Å². The summed E-state index contributed by atoms with van der Waals surface area (Å²) in [7, 11) is 0. The van der Waals surface area contributed by atoms with Gasteiger partial charge in [-0.3, -0.25) is 14.7 Å². The van der Waals surface area contributed by atoms with E-state index in [-0.39, 0.29) is 5.78 Å². The number of pyridine rings is 1. The Morgan fingerprint density at radius 3 is 2.57 bits per heavy atom. The second kappa shape index (κ2) is 8.53. The summed E-state index contributed by atoms with van der Waals surface area (Å²) in [5.41, 5.74) is 5.14. The van der Waals surface area contributed by atoms with Crippen LogP contribution in [0.3, 0.4) is 0 Å². The minimum atomic E-state index is 0.191. The Hall–Kier alpha value is -2.78. The van der Waals surface area contributed by atoms with Crippen molar-refractivity contribution in [1.82, 2.24) is 9.88 Å². The minimum absolute atomic E-state index is 0.191. The summed E-state index contributed by atoms with van der Waals surface area (Å²) in [6.07, 6.45) is 7.38. The monoisotopic (exact) mass is 396 g/mol. The molecule has 0 N–H and O–H groups in total. The first-order valence-electron chi connectivity index (χ1n) is 11.1. The van der Waals surface area contributed by atoms with Crippen LogP contribution in [0, 0.1) is 5.92 Å². The van der Waals surface area contributed by atoms with E-state index in [0.717, 1.165) is 66.6 Å². The Morgan fingerprint density at radius 1 is 0.967 bits per heavy atom. The van der Waals surface area contributed by atoms with Crippen molar-refractivity contribution < 1.29 is 4.79 Å². The average molecular weight is 397 g/mol. The number of allylic oxidation sites excluding steroid dienone is 2. The summed E-state index contributed by atoms with van der Waals surface area (Å²) < 4.78 is 0. The number of carbonyl (C=O) groups is 1. The number of hydrogen-bond acceptors (Lipinski definition) is 3. The maximum Gasteiger partial charge on any atom is 0.190 e. The second-order valence-corrected chi connectivity index (χ2v) is 8.67. The van der Waals surface area contributed by atoms with Crippen molar-refractivity contribution in [3.63, 3.8) is 0 Å². The van der Waals surface area contributed by atoms with Gasteiger partial charge in [-0.25, -0.2) is 0 Å². The number of rotatable bonds is 4. The van der Waals surface area contributed by atoms with E-state index in [0.29, 0.717) is 5.92 Å². The lowest BCUT2D eigenvalue weighted by Crippen LogP contribution is -2.33. The molecule has 0 atom stereocenters. The Morgan fingerprint density at radius 2 is 1.73 bits per heavy atom. The predicted octanol–water partition coefficient (Wildman–Crippen LogP) is 5.59. The first kappa shape index (κ1) is 19.2. The molecule has 1 fully saturated rings. The van der Waals surface area contributed by atoms with Crippen molar-refractivity contribution in [2.45, 2.75) is 38.6 Å². The molecule has 0 bridgehead atoms. The zero-order chi connectivity index (χ0) is 20.3. The van der Waals surface area contributed by atoms with E-state index >= 15 is 0 Å². The number of hydrogen-bond donors (Lipinski definition) is 0. The van der Waals surface area contributed by atoms with Gasteiger partial charge < -0.3 is 0 Å². The number of aryl methyl sites for hydroxylation is 1. The smallest absolute Gasteiger partial charge is 0.190 e. The number of Topliss-reactive ketones (excluding diaryl/α,β-unsaturated/α-hetero) is 1. The number of aromatic nitrogens is 1. The second-order valence-electron chi connectivity index (χ2n) is 8.67. The molecule has 1 aliphatic carbocycles. The van der Waals surface area contributed by atoms with Gasteiger partial charge in [0.1, 0.15) is 0 Å². The van der Waals surface area contributed by atoms with Crippen molar-refractivity contribution in [1.29, 1.82) is 0 Å². The van der Waals surface area contributed by atoms with Gasteiger partial charge in [-0.1, -0.05) is 54.6 Å². The van der Waals surface area contributed by atoms with Crippen LogP contribution in [0.2, 0.25) is 0 Å². The van der Waals surface area contributed by atoms with E-state index in [9.17, 15) is 4.79 Å². The van der Waals surface area contributed by atoms with Crippen LogP contribution in [0.15, 0.2) is 72.3 Å². The molecule has 30 heavy (non-hydrogen) atoms. The summed E-state index contributed by atoms with van der Waals surface area (Å²) in [6.45, 7) is 3.34. The molecule has 0 saturated carbocycles. The molecule has 1 aliphatic heterocycles. The lowest BCUT2D eigenvalue weighted by molar-refractivity contribution is 0.102.